The number of nitriles is 1. The van der Waals surface area contributed by atoms with Gasteiger partial charge in [0, 0.05) is 42.7 Å². The summed E-state index contributed by atoms with van der Waals surface area (Å²) in [5.74, 6) is 1.19. The normalized spacial score (nSPS) is 16.7. The number of hydrogen-bond acceptors (Lipinski definition) is 7. The van der Waals surface area contributed by atoms with Crippen molar-refractivity contribution in [3.8, 4) is 11.8 Å². The maximum absolute atomic E-state index is 13.1. The van der Waals surface area contributed by atoms with Gasteiger partial charge in [-0.05, 0) is 44.8 Å². The molecular formula is C28H33F3N6O. The third kappa shape index (κ3) is 7.34. The van der Waals surface area contributed by atoms with E-state index < -0.39 is 11.7 Å². The number of ether oxygens (including phenoxy) is 1. The average Bonchev–Trinajstić information content (AvgIpc) is 3.76. The molecule has 1 saturated carbocycles. The second-order valence-electron chi connectivity index (χ2n) is 8.78. The van der Waals surface area contributed by atoms with Crippen LogP contribution >= 0.6 is 0 Å². The number of aromatic nitrogens is 3. The zero-order valence-corrected chi connectivity index (χ0v) is 21.9. The van der Waals surface area contributed by atoms with E-state index in [4.69, 9.17) is 10.00 Å². The predicted molar refractivity (Wildman–Crippen MR) is 142 cm³/mol. The number of hydrogen-bond donors (Lipinski definition) is 0. The first kappa shape index (κ1) is 28.7. The molecule has 3 heterocycles. The molecule has 0 atom stereocenters. The molecule has 38 heavy (non-hydrogen) atoms. The highest BCUT2D eigenvalue weighted by molar-refractivity contribution is 5.64. The van der Waals surface area contributed by atoms with Crippen molar-refractivity contribution in [1.82, 2.24) is 15.0 Å². The zero-order valence-electron chi connectivity index (χ0n) is 21.9. The highest BCUT2D eigenvalue weighted by Gasteiger charge is 2.32. The number of nitrogens with zero attached hydrogens (tertiary/aromatic N) is 6. The molecule has 2 fully saturated rings. The fourth-order valence-corrected chi connectivity index (χ4v) is 3.98. The molecule has 1 aliphatic heterocycles. The summed E-state index contributed by atoms with van der Waals surface area (Å²) < 4.78 is 45.6. The second-order valence-corrected chi connectivity index (χ2v) is 8.78. The van der Waals surface area contributed by atoms with E-state index in [0.717, 1.165) is 25.8 Å². The number of halogens is 3. The molecule has 7 nitrogen and oxygen atoms in total. The fraction of sp³-hybridized carbons (Fsp3) is 0.429. The van der Waals surface area contributed by atoms with Gasteiger partial charge in [-0.25, -0.2) is 9.97 Å². The van der Waals surface area contributed by atoms with Crippen molar-refractivity contribution in [3.63, 3.8) is 0 Å². The third-order valence-electron chi connectivity index (χ3n) is 6.16. The van der Waals surface area contributed by atoms with Crippen molar-refractivity contribution in [2.45, 2.75) is 64.8 Å². The van der Waals surface area contributed by atoms with Crippen LogP contribution in [-0.4, -0.2) is 46.4 Å². The van der Waals surface area contributed by atoms with Crippen LogP contribution in [0.4, 0.5) is 24.8 Å². The maximum Gasteiger partial charge on any atom is 0.412 e. The molecular weight excluding hydrogens is 493 g/mol. The van der Waals surface area contributed by atoms with Crippen molar-refractivity contribution in [3.05, 3.63) is 72.5 Å². The molecule has 2 aliphatic rings. The largest absolute Gasteiger partial charge is 0.488 e. The van der Waals surface area contributed by atoms with Gasteiger partial charge in [-0.2, -0.15) is 18.4 Å². The topological polar surface area (TPSA) is 78.2 Å². The molecule has 1 saturated heterocycles. The van der Waals surface area contributed by atoms with E-state index in [1.807, 2.05) is 29.7 Å². The summed E-state index contributed by atoms with van der Waals surface area (Å²) in [6, 6.07) is 3.75. The maximum atomic E-state index is 13.1. The van der Waals surface area contributed by atoms with Crippen LogP contribution in [0.15, 0.2) is 66.9 Å². The molecule has 1 aliphatic carbocycles. The highest BCUT2D eigenvalue weighted by atomic mass is 19.4. The third-order valence-corrected chi connectivity index (χ3v) is 6.16. The van der Waals surface area contributed by atoms with Crippen LogP contribution in [0, 0.1) is 11.3 Å². The predicted octanol–water partition coefficient (Wildman–Crippen LogP) is 6.36. The summed E-state index contributed by atoms with van der Waals surface area (Å²) >= 11 is 0. The SMILES string of the molecule is C=C/C(=C\C=C(/C)C(F)(F)F)N(c1cnccc1OC1CC1)C1CCN(c2ncc(C#N)cn2)CC1.CC. The Morgan fingerprint density at radius 1 is 1.13 bits per heavy atom. The Kier molecular flexibility index (Phi) is 9.88. The van der Waals surface area contributed by atoms with Gasteiger partial charge in [-0.1, -0.05) is 26.5 Å². The van der Waals surface area contributed by atoms with Crippen LogP contribution in [-0.2, 0) is 0 Å². The molecule has 0 amide bonds. The van der Waals surface area contributed by atoms with E-state index in [1.54, 1.807) is 24.5 Å². The Labute approximate surface area is 222 Å². The van der Waals surface area contributed by atoms with Gasteiger partial charge >= 0.3 is 6.18 Å². The number of allylic oxidation sites excluding steroid dienone is 4. The summed E-state index contributed by atoms with van der Waals surface area (Å²) in [5.41, 5.74) is 0.916. The summed E-state index contributed by atoms with van der Waals surface area (Å²) in [4.78, 5) is 16.9. The quantitative estimate of drug-likeness (QED) is 0.370. The lowest BCUT2D eigenvalue weighted by molar-refractivity contribution is -0.0913. The minimum absolute atomic E-state index is 0.0470. The monoisotopic (exact) mass is 526 g/mol. The lowest BCUT2D eigenvalue weighted by Crippen LogP contribution is -2.45. The Morgan fingerprint density at radius 3 is 2.34 bits per heavy atom. The average molecular weight is 527 g/mol. The number of alkyl halides is 3. The molecule has 202 valence electrons. The summed E-state index contributed by atoms with van der Waals surface area (Å²) in [6.07, 6.45) is 9.46. The number of anilines is 2. The van der Waals surface area contributed by atoms with Crippen molar-refractivity contribution in [2.75, 3.05) is 22.9 Å². The first-order chi connectivity index (χ1) is 18.3. The number of pyridine rings is 1. The van der Waals surface area contributed by atoms with Gasteiger partial charge in [0.2, 0.25) is 5.95 Å². The van der Waals surface area contributed by atoms with Crippen molar-refractivity contribution < 1.29 is 17.9 Å². The Morgan fingerprint density at radius 2 is 1.79 bits per heavy atom. The molecule has 0 aromatic carbocycles. The van der Waals surface area contributed by atoms with E-state index in [-0.39, 0.29) is 12.1 Å². The van der Waals surface area contributed by atoms with Gasteiger partial charge in [0.05, 0.1) is 30.3 Å². The Balaban J connectivity index is 0.00000195. The smallest absolute Gasteiger partial charge is 0.412 e. The summed E-state index contributed by atoms with van der Waals surface area (Å²) in [6.45, 7) is 10.2. The molecule has 0 bridgehead atoms. The van der Waals surface area contributed by atoms with E-state index in [1.165, 1.54) is 18.5 Å². The second kappa shape index (κ2) is 13.1. The van der Waals surface area contributed by atoms with E-state index in [2.05, 4.69) is 21.5 Å². The van der Waals surface area contributed by atoms with Crippen LogP contribution in [0.25, 0.3) is 0 Å². The first-order valence-electron chi connectivity index (χ1n) is 12.8. The van der Waals surface area contributed by atoms with Crippen LogP contribution in [0.2, 0.25) is 0 Å². The number of rotatable bonds is 8. The van der Waals surface area contributed by atoms with Gasteiger partial charge in [0.15, 0.2) is 0 Å². The van der Waals surface area contributed by atoms with Crippen LogP contribution < -0.4 is 14.5 Å². The molecule has 0 spiro atoms. The molecule has 2 aromatic rings. The van der Waals surface area contributed by atoms with Crippen molar-refractivity contribution in [2.24, 2.45) is 0 Å². The van der Waals surface area contributed by atoms with Gasteiger partial charge in [-0.3, -0.25) is 4.98 Å². The zero-order chi connectivity index (χ0) is 27.7. The molecule has 4 rings (SSSR count). The summed E-state index contributed by atoms with van der Waals surface area (Å²) in [5, 5.41) is 8.98. The minimum Gasteiger partial charge on any atom is -0.488 e. The first-order valence-corrected chi connectivity index (χ1v) is 12.8. The lowest BCUT2D eigenvalue weighted by atomic mass is 10.0. The van der Waals surface area contributed by atoms with Gasteiger partial charge < -0.3 is 14.5 Å². The van der Waals surface area contributed by atoms with Crippen LogP contribution in [0.1, 0.15) is 52.0 Å². The lowest BCUT2D eigenvalue weighted by Gasteiger charge is -2.40. The van der Waals surface area contributed by atoms with E-state index in [0.29, 0.717) is 54.6 Å². The van der Waals surface area contributed by atoms with E-state index >= 15 is 0 Å². The Bertz CT molecular complexity index is 1170. The van der Waals surface area contributed by atoms with Crippen molar-refractivity contribution >= 4 is 11.6 Å². The Hall–Kier alpha value is -3.87. The van der Waals surface area contributed by atoms with Gasteiger partial charge in [0.25, 0.3) is 0 Å². The highest BCUT2D eigenvalue weighted by Crippen LogP contribution is 2.38. The minimum atomic E-state index is -4.41. The molecule has 10 heteroatoms. The fourth-order valence-electron chi connectivity index (χ4n) is 3.98. The molecule has 2 aromatic heterocycles. The van der Waals surface area contributed by atoms with Crippen LogP contribution in [0.3, 0.4) is 0 Å². The van der Waals surface area contributed by atoms with E-state index in [9.17, 15) is 13.2 Å². The van der Waals surface area contributed by atoms with Crippen molar-refractivity contribution in [1.29, 1.82) is 5.26 Å². The molecule has 0 radical (unpaired) electrons. The number of piperidine rings is 1. The standard InChI is InChI=1S/C26H27F3N6O.C2H6/c1-3-20(5-4-18(2)26(27,28)29)35(23-17-31-11-8-24(23)36-22-6-7-22)21-9-12-34(13-10-21)25-32-15-19(14-30)16-33-25;1-2/h3-5,8,11,15-17,21-22H,1,6-7,9-10,12-13H2,2H3;1-2H3/b18-4+,20-5+;. The van der Waals surface area contributed by atoms with Gasteiger partial charge in [-0.15, -0.1) is 0 Å². The molecule has 0 N–H and O–H groups in total. The van der Waals surface area contributed by atoms with Gasteiger partial charge in [0.1, 0.15) is 17.5 Å². The molecule has 0 unspecified atom stereocenters. The summed E-state index contributed by atoms with van der Waals surface area (Å²) in [7, 11) is 0. The van der Waals surface area contributed by atoms with Crippen LogP contribution in [0.5, 0.6) is 5.75 Å².